The second kappa shape index (κ2) is 4.81. The predicted molar refractivity (Wildman–Crippen MR) is 68.9 cm³/mol. The van der Waals surface area contributed by atoms with E-state index in [1.54, 1.807) is 0 Å². The summed E-state index contributed by atoms with van der Waals surface area (Å²) in [6.45, 7) is 1.51. The highest BCUT2D eigenvalue weighted by Crippen LogP contribution is 2.30. The molecule has 1 aromatic carbocycles. The molecule has 0 amide bonds. The molecule has 0 saturated heterocycles. The Kier molecular flexibility index (Phi) is 3.32. The normalized spacial score (nSPS) is 11.2. The molecule has 3 N–H and O–H groups in total. The summed E-state index contributed by atoms with van der Waals surface area (Å²) >= 11 is 0. The lowest BCUT2D eigenvalue weighted by atomic mass is 10.2. The number of nitrogens with one attached hydrogen (secondary N) is 2. The van der Waals surface area contributed by atoms with Gasteiger partial charge in [0.15, 0.2) is 0 Å². The zero-order valence-corrected chi connectivity index (χ0v) is 11.0. The Morgan fingerprint density at radius 1 is 1.45 bits per heavy atom. The molecule has 0 fully saturated rings. The van der Waals surface area contributed by atoms with Gasteiger partial charge in [-0.1, -0.05) is 0 Å². The quantitative estimate of drug-likeness (QED) is 0.439. The first-order valence-corrected chi connectivity index (χ1v) is 6.80. The maximum Gasteiger partial charge on any atom is 0.297 e. The highest BCUT2D eigenvalue weighted by atomic mass is 32.2. The Labute approximate surface area is 113 Å². The van der Waals surface area contributed by atoms with Crippen LogP contribution in [0, 0.1) is 17.0 Å². The summed E-state index contributed by atoms with van der Waals surface area (Å²) in [6, 6.07) is 3.12. The molecule has 9 nitrogen and oxygen atoms in total. The smallest absolute Gasteiger partial charge is 0.297 e. The van der Waals surface area contributed by atoms with Crippen LogP contribution in [0.4, 0.5) is 11.4 Å². The number of phenolic OH excluding ortho intramolecular Hbond substituents is 1. The average molecular weight is 298 g/mol. The van der Waals surface area contributed by atoms with E-state index in [0.29, 0.717) is 5.69 Å². The van der Waals surface area contributed by atoms with Crippen molar-refractivity contribution in [2.45, 2.75) is 11.8 Å². The molecule has 0 unspecified atom stereocenters. The van der Waals surface area contributed by atoms with Crippen LogP contribution in [-0.4, -0.2) is 28.6 Å². The van der Waals surface area contributed by atoms with E-state index in [9.17, 15) is 23.6 Å². The topological polar surface area (TPSA) is 138 Å². The molecule has 0 atom stereocenters. The first-order chi connectivity index (χ1) is 9.31. The third-order valence-corrected chi connectivity index (χ3v) is 3.97. The summed E-state index contributed by atoms with van der Waals surface area (Å²) in [7, 11) is -4.00. The van der Waals surface area contributed by atoms with Gasteiger partial charge < -0.3 is 5.11 Å². The molecule has 20 heavy (non-hydrogen) atoms. The van der Waals surface area contributed by atoms with Crippen molar-refractivity contribution in [1.29, 1.82) is 0 Å². The van der Waals surface area contributed by atoms with Gasteiger partial charge in [0, 0.05) is 0 Å². The van der Waals surface area contributed by atoms with Gasteiger partial charge in [0.1, 0.15) is 16.3 Å². The molecule has 2 rings (SSSR count). The number of anilines is 1. The van der Waals surface area contributed by atoms with Gasteiger partial charge >= 0.3 is 0 Å². The molecule has 10 heteroatoms. The Morgan fingerprint density at radius 2 is 2.15 bits per heavy atom. The van der Waals surface area contributed by atoms with E-state index in [-0.39, 0.29) is 16.3 Å². The maximum atomic E-state index is 12.1. The SMILES string of the molecule is Cc1[nH]ncc1S(=O)(=O)Nc1ccc(O)cc1[N+](=O)[O-]. The van der Waals surface area contributed by atoms with Crippen molar-refractivity contribution >= 4 is 21.4 Å². The van der Waals surface area contributed by atoms with Gasteiger partial charge in [0.2, 0.25) is 0 Å². The van der Waals surface area contributed by atoms with Crippen LogP contribution >= 0.6 is 0 Å². The minimum absolute atomic E-state index is 0.111. The first kappa shape index (κ1) is 13.8. The molecular weight excluding hydrogens is 288 g/mol. The number of hydrogen-bond donors (Lipinski definition) is 3. The summed E-state index contributed by atoms with van der Waals surface area (Å²) in [5.41, 5.74) is -0.484. The minimum Gasteiger partial charge on any atom is -0.508 e. The number of nitrogens with zero attached hydrogens (tertiary/aromatic N) is 2. The number of sulfonamides is 1. The number of aromatic hydroxyl groups is 1. The van der Waals surface area contributed by atoms with Crippen LogP contribution in [0.1, 0.15) is 5.69 Å². The van der Waals surface area contributed by atoms with Gasteiger partial charge in [0.25, 0.3) is 15.7 Å². The summed E-state index contributed by atoms with van der Waals surface area (Å²) in [4.78, 5) is 9.95. The van der Waals surface area contributed by atoms with E-state index in [4.69, 9.17) is 0 Å². The van der Waals surface area contributed by atoms with Crippen LogP contribution in [0.5, 0.6) is 5.75 Å². The minimum atomic E-state index is -4.00. The van der Waals surface area contributed by atoms with E-state index < -0.39 is 20.6 Å². The molecule has 0 aliphatic rings. The zero-order valence-electron chi connectivity index (χ0n) is 10.2. The molecular formula is C10H10N4O5S. The number of benzene rings is 1. The number of aromatic nitrogens is 2. The molecule has 0 radical (unpaired) electrons. The van der Waals surface area contributed by atoms with Gasteiger partial charge in [-0.15, -0.1) is 0 Å². The van der Waals surface area contributed by atoms with Gasteiger partial charge in [0.05, 0.1) is 22.9 Å². The fourth-order valence-electron chi connectivity index (χ4n) is 1.57. The Bertz CT molecular complexity index is 768. The molecule has 0 aliphatic heterocycles. The molecule has 0 aliphatic carbocycles. The lowest BCUT2D eigenvalue weighted by Crippen LogP contribution is -2.14. The third kappa shape index (κ3) is 2.54. The predicted octanol–water partition coefficient (Wildman–Crippen LogP) is 1.13. The van der Waals surface area contributed by atoms with Gasteiger partial charge in [-0.2, -0.15) is 5.10 Å². The van der Waals surface area contributed by atoms with Crippen molar-refractivity contribution in [2.24, 2.45) is 0 Å². The first-order valence-electron chi connectivity index (χ1n) is 5.31. The molecule has 0 saturated carbocycles. The third-order valence-electron chi connectivity index (χ3n) is 2.50. The van der Waals surface area contributed by atoms with E-state index in [1.165, 1.54) is 6.92 Å². The fourth-order valence-corrected chi connectivity index (χ4v) is 2.78. The summed E-state index contributed by atoms with van der Waals surface area (Å²) in [6.07, 6.45) is 1.10. The molecule has 106 valence electrons. The lowest BCUT2D eigenvalue weighted by Gasteiger charge is -2.07. The van der Waals surface area contributed by atoms with Crippen molar-refractivity contribution in [3.05, 3.63) is 40.2 Å². The number of nitro groups is 1. The second-order valence-corrected chi connectivity index (χ2v) is 5.57. The van der Waals surface area contributed by atoms with E-state index in [2.05, 4.69) is 14.9 Å². The lowest BCUT2D eigenvalue weighted by molar-refractivity contribution is -0.384. The van der Waals surface area contributed by atoms with Crippen LogP contribution in [-0.2, 0) is 10.0 Å². The summed E-state index contributed by atoms with van der Waals surface area (Å²) in [5, 5.41) is 26.1. The average Bonchev–Trinajstić information content (AvgIpc) is 2.78. The number of hydrogen-bond acceptors (Lipinski definition) is 6. The van der Waals surface area contributed by atoms with Gasteiger partial charge in [-0.05, 0) is 19.1 Å². The van der Waals surface area contributed by atoms with E-state index >= 15 is 0 Å². The van der Waals surface area contributed by atoms with Crippen LogP contribution in [0.25, 0.3) is 0 Å². The summed E-state index contributed by atoms with van der Waals surface area (Å²) < 4.78 is 26.3. The van der Waals surface area contributed by atoms with Crippen LogP contribution in [0.2, 0.25) is 0 Å². The summed E-state index contributed by atoms with van der Waals surface area (Å²) in [5.74, 6) is -0.334. The van der Waals surface area contributed by atoms with Gasteiger partial charge in [-0.3, -0.25) is 19.9 Å². The van der Waals surface area contributed by atoms with Crippen LogP contribution in [0.3, 0.4) is 0 Å². The fraction of sp³-hybridized carbons (Fsp3) is 0.100. The zero-order chi connectivity index (χ0) is 14.9. The second-order valence-electron chi connectivity index (χ2n) is 3.92. The highest BCUT2D eigenvalue weighted by molar-refractivity contribution is 7.92. The van der Waals surface area contributed by atoms with Gasteiger partial charge in [-0.25, -0.2) is 8.42 Å². The standard InChI is InChI=1S/C10H10N4O5S/c1-6-10(5-11-12-6)20(18,19)13-8-3-2-7(15)4-9(8)14(16)17/h2-5,13,15H,1H3,(H,11,12). The highest BCUT2D eigenvalue weighted by Gasteiger charge is 2.23. The van der Waals surface area contributed by atoms with Crippen molar-refractivity contribution in [3.8, 4) is 5.75 Å². The molecule has 2 aromatic rings. The number of phenols is 1. The largest absolute Gasteiger partial charge is 0.508 e. The Hall–Kier alpha value is -2.62. The maximum absolute atomic E-state index is 12.1. The van der Waals surface area contributed by atoms with Crippen molar-refractivity contribution in [1.82, 2.24) is 10.2 Å². The molecule has 1 aromatic heterocycles. The van der Waals surface area contributed by atoms with Crippen LogP contribution in [0.15, 0.2) is 29.3 Å². The molecule has 0 bridgehead atoms. The van der Waals surface area contributed by atoms with E-state index in [1.807, 2.05) is 0 Å². The molecule has 1 heterocycles. The van der Waals surface area contributed by atoms with Crippen molar-refractivity contribution in [2.75, 3.05) is 4.72 Å². The van der Waals surface area contributed by atoms with Crippen LogP contribution < -0.4 is 4.72 Å². The Morgan fingerprint density at radius 3 is 2.70 bits per heavy atom. The number of rotatable bonds is 4. The number of aromatic amines is 1. The van der Waals surface area contributed by atoms with Crippen molar-refractivity contribution < 1.29 is 18.4 Å². The number of nitro benzene ring substituents is 1. The monoisotopic (exact) mass is 298 g/mol. The number of H-pyrrole nitrogens is 1. The molecule has 0 spiro atoms. The van der Waals surface area contributed by atoms with Crippen molar-refractivity contribution in [3.63, 3.8) is 0 Å². The van der Waals surface area contributed by atoms with E-state index in [0.717, 1.165) is 24.4 Å². The number of aryl methyl sites for hydroxylation is 1. The Balaban J connectivity index is 2.45.